The molecule has 1 aromatic carbocycles. The molecule has 158 valence electrons. The van der Waals surface area contributed by atoms with Gasteiger partial charge in [0.05, 0.1) is 5.69 Å². The summed E-state index contributed by atoms with van der Waals surface area (Å²) in [6.45, 7) is 8.65. The van der Waals surface area contributed by atoms with Crippen molar-refractivity contribution in [3.05, 3.63) is 40.8 Å². The summed E-state index contributed by atoms with van der Waals surface area (Å²) in [5, 5.41) is 9.95. The van der Waals surface area contributed by atoms with Gasteiger partial charge in [-0.15, -0.1) is 11.3 Å². The number of carbonyl (C=O) groups is 1. The standard InChI is InChI=1S/C23H32NO3PS/c1-15(2)24(28(27-5)19-12-8-17(4)9-13-19)20-14-21(29-22(20)23(25)26)18-10-6-16(3)7-11-18/h6-7,10-11,14-15,17,19H,8-9,12-13H2,1-5H3,(H,25,26). The summed E-state index contributed by atoms with van der Waals surface area (Å²) < 4.78 is 8.33. The summed E-state index contributed by atoms with van der Waals surface area (Å²) in [6, 6.07) is 10.5. The van der Waals surface area contributed by atoms with Crippen LogP contribution in [0, 0.1) is 12.8 Å². The van der Waals surface area contributed by atoms with Crippen LogP contribution in [-0.4, -0.2) is 29.9 Å². The Kier molecular flexibility index (Phi) is 7.37. The maximum Gasteiger partial charge on any atom is 0.348 e. The molecule has 1 aliphatic carbocycles. The molecule has 29 heavy (non-hydrogen) atoms. The quantitative estimate of drug-likeness (QED) is 0.470. The number of aromatic carboxylic acids is 1. The van der Waals surface area contributed by atoms with Gasteiger partial charge >= 0.3 is 5.97 Å². The average Bonchev–Trinajstić information content (AvgIpc) is 3.12. The fourth-order valence-corrected chi connectivity index (χ4v) is 7.51. The van der Waals surface area contributed by atoms with E-state index in [1.165, 1.54) is 29.7 Å². The Balaban J connectivity index is 2.01. The molecular formula is C23H32NO3PS. The van der Waals surface area contributed by atoms with E-state index in [2.05, 4.69) is 62.7 Å². The lowest BCUT2D eigenvalue weighted by atomic mass is 9.91. The Bertz CT molecular complexity index is 825. The molecule has 1 N–H and O–H groups in total. The number of hydrogen-bond donors (Lipinski definition) is 1. The maximum absolute atomic E-state index is 12.1. The third-order valence-corrected chi connectivity index (χ3v) is 9.45. The number of anilines is 1. The second-order valence-electron chi connectivity index (χ2n) is 8.33. The van der Waals surface area contributed by atoms with Gasteiger partial charge in [0.25, 0.3) is 0 Å². The van der Waals surface area contributed by atoms with E-state index < -0.39 is 14.3 Å². The van der Waals surface area contributed by atoms with Gasteiger partial charge in [-0.25, -0.2) is 4.79 Å². The normalized spacial score (nSPS) is 20.6. The van der Waals surface area contributed by atoms with Crippen LogP contribution in [0.2, 0.25) is 0 Å². The van der Waals surface area contributed by atoms with Gasteiger partial charge in [0.15, 0.2) is 0 Å². The van der Waals surface area contributed by atoms with E-state index in [9.17, 15) is 9.90 Å². The van der Waals surface area contributed by atoms with E-state index in [0.717, 1.165) is 34.9 Å². The lowest BCUT2D eigenvalue weighted by Crippen LogP contribution is -2.32. The zero-order valence-corrected chi connectivity index (χ0v) is 19.7. The molecule has 0 aliphatic heterocycles. The van der Waals surface area contributed by atoms with Crippen molar-refractivity contribution in [1.29, 1.82) is 0 Å². The van der Waals surface area contributed by atoms with Crippen molar-refractivity contribution < 1.29 is 14.4 Å². The number of carboxylic acid groups (broad SMARTS) is 1. The number of carboxylic acids is 1. The van der Waals surface area contributed by atoms with E-state index >= 15 is 0 Å². The molecule has 1 heterocycles. The van der Waals surface area contributed by atoms with Crippen LogP contribution in [0.1, 0.15) is 61.7 Å². The molecule has 1 unspecified atom stereocenters. The molecule has 0 saturated heterocycles. The Morgan fingerprint density at radius 1 is 1.21 bits per heavy atom. The van der Waals surface area contributed by atoms with E-state index in [4.69, 9.17) is 4.52 Å². The molecule has 6 heteroatoms. The number of nitrogens with zero attached hydrogens (tertiary/aromatic N) is 1. The highest BCUT2D eigenvalue weighted by molar-refractivity contribution is 7.55. The monoisotopic (exact) mass is 433 g/mol. The van der Waals surface area contributed by atoms with Crippen LogP contribution >= 0.6 is 19.6 Å². The molecule has 0 bridgehead atoms. The summed E-state index contributed by atoms with van der Waals surface area (Å²) in [5.74, 6) is -0.0892. The molecule has 1 fully saturated rings. The molecule has 3 rings (SSSR count). The van der Waals surface area contributed by atoms with Gasteiger partial charge in [-0.3, -0.25) is 0 Å². The Morgan fingerprint density at radius 3 is 2.34 bits per heavy atom. The molecule has 0 amide bonds. The topological polar surface area (TPSA) is 49.8 Å². The van der Waals surface area contributed by atoms with Crippen LogP contribution in [0.4, 0.5) is 5.69 Å². The smallest absolute Gasteiger partial charge is 0.348 e. The highest BCUT2D eigenvalue weighted by Crippen LogP contribution is 2.56. The minimum atomic E-state index is -0.900. The fraction of sp³-hybridized carbons (Fsp3) is 0.522. The molecule has 1 saturated carbocycles. The van der Waals surface area contributed by atoms with Gasteiger partial charge in [0.2, 0.25) is 0 Å². The molecule has 4 nitrogen and oxygen atoms in total. The molecule has 0 spiro atoms. The molecular weight excluding hydrogens is 401 g/mol. The van der Waals surface area contributed by atoms with Gasteiger partial charge < -0.3 is 14.3 Å². The second kappa shape index (κ2) is 9.59. The van der Waals surface area contributed by atoms with E-state index in [0.29, 0.717) is 10.5 Å². The minimum absolute atomic E-state index is 0.166. The summed E-state index contributed by atoms with van der Waals surface area (Å²) in [6.07, 6.45) is 4.76. The first-order chi connectivity index (χ1) is 13.8. The minimum Gasteiger partial charge on any atom is -0.477 e. The van der Waals surface area contributed by atoms with Gasteiger partial charge in [-0.05, 0) is 64.0 Å². The zero-order valence-electron chi connectivity index (χ0n) is 18.0. The Morgan fingerprint density at radius 2 is 1.83 bits per heavy atom. The average molecular weight is 434 g/mol. The van der Waals surface area contributed by atoms with Crippen LogP contribution in [-0.2, 0) is 4.52 Å². The number of aryl methyl sites for hydroxylation is 1. The number of hydrogen-bond acceptors (Lipinski definition) is 4. The lowest BCUT2D eigenvalue weighted by molar-refractivity contribution is 0.0703. The molecule has 2 aromatic rings. The number of thiophene rings is 1. The van der Waals surface area contributed by atoms with Gasteiger partial charge in [0.1, 0.15) is 13.2 Å². The summed E-state index contributed by atoms with van der Waals surface area (Å²) in [4.78, 5) is 13.5. The van der Waals surface area contributed by atoms with Gasteiger partial charge in [0, 0.05) is 23.7 Å². The summed E-state index contributed by atoms with van der Waals surface area (Å²) in [7, 11) is 0.885. The predicted octanol–water partition coefficient (Wildman–Crippen LogP) is 7.17. The van der Waals surface area contributed by atoms with Gasteiger partial charge in [-0.1, -0.05) is 36.8 Å². The largest absolute Gasteiger partial charge is 0.477 e. The third-order valence-electron chi connectivity index (χ3n) is 5.68. The van der Waals surface area contributed by atoms with Crippen molar-refractivity contribution in [3.8, 4) is 10.4 Å². The van der Waals surface area contributed by atoms with E-state index in [1.807, 2.05) is 0 Å². The summed E-state index contributed by atoms with van der Waals surface area (Å²) in [5.41, 5.74) is 3.55. The number of rotatable bonds is 7. The van der Waals surface area contributed by atoms with Crippen LogP contribution < -0.4 is 4.67 Å². The molecule has 1 atom stereocenters. The first-order valence-electron chi connectivity index (χ1n) is 10.4. The van der Waals surface area contributed by atoms with Crippen LogP contribution in [0.15, 0.2) is 30.3 Å². The molecule has 0 radical (unpaired) electrons. The van der Waals surface area contributed by atoms with Crippen molar-refractivity contribution in [2.24, 2.45) is 5.92 Å². The van der Waals surface area contributed by atoms with E-state index in [-0.39, 0.29) is 6.04 Å². The molecule has 1 aliphatic rings. The van der Waals surface area contributed by atoms with Crippen molar-refractivity contribution in [2.75, 3.05) is 11.8 Å². The lowest BCUT2D eigenvalue weighted by Gasteiger charge is -2.41. The Labute approximate surface area is 179 Å². The van der Waals surface area contributed by atoms with Crippen LogP contribution in [0.5, 0.6) is 0 Å². The SMILES string of the molecule is COP(C1CCC(C)CC1)N(c1cc(-c2ccc(C)cc2)sc1C(=O)O)C(C)C. The molecule has 1 aromatic heterocycles. The van der Waals surface area contributed by atoms with Crippen LogP contribution in [0.25, 0.3) is 10.4 Å². The van der Waals surface area contributed by atoms with Crippen LogP contribution in [0.3, 0.4) is 0 Å². The third kappa shape index (κ3) is 5.02. The van der Waals surface area contributed by atoms with Crippen molar-refractivity contribution >= 4 is 31.3 Å². The highest BCUT2D eigenvalue weighted by atomic mass is 32.1. The fourth-order valence-electron chi connectivity index (χ4n) is 4.05. The van der Waals surface area contributed by atoms with Gasteiger partial charge in [-0.2, -0.15) is 0 Å². The van der Waals surface area contributed by atoms with Crippen molar-refractivity contribution in [3.63, 3.8) is 0 Å². The first kappa shape index (κ1) is 22.3. The predicted molar refractivity (Wildman–Crippen MR) is 124 cm³/mol. The van der Waals surface area contributed by atoms with Crippen molar-refractivity contribution in [1.82, 2.24) is 0 Å². The first-order valence-corrected chi connectivity index (χ1v) is 12.5. The van der Waals surface area contributed by atoms with Crippen molar-refractivity contribution in [2.45, 2.75) is 65.1 Å². The number of benzene rings is 1. The Hall–Kier alpha value is -1.42. The zero-order chi connectivity index (χ0) is 21.1. The summed E-state index contributed by atoms with van der Waals surface area (Å²) >= 11 is 1.36. The van der Waals surface area contributed by atoms with E-state index in [1.54, 1.807) is 7.11 Å². The second-order valence-corrected chi connectivity index (χ2v) is 11.5. The highest BCUT2D eigenvalue weighted by Gasteiger charge is 2.35. The maximum atomic E-state index is 12.1.